The first-order valence-corrected chi connectivity index (χ1v) is 6.13. The number of halogens is 1. The fourth-order valence-electron chi connectivity index (χ4n) is 1.43. The monoisotopic (exact) mass is 310 g/mol. The Balaban J connectivity index is 2.01. The third-order valence-electron chi connectivity index (χ3n) is 2.31. The van der Waals surface area contributed by atoms with E-state index in [4.69, 9.17) is 4.74 Å². The van der Waals surface area contributed by atoms with Crippen molar-refractivity contribution in [3.05, 3.63) is 61.8 Å². The second-order valence-electron chi connectivity index (χ2n) is 3.59. The maximum atomic E-state index is 11.5. The number of hydrogen-bond donors (Lipinski definition) is 1. The molecule has 0 aliphatic heterocycles. The number of hydrogen-bond acceptors (Lipinski definition) is 3. The third-order valence-corrected chi connectivity index (χ3v) is 2.88. The number of aromatic nitrogens is 2. The van der Waals surface area contributed by atoms with Gasteiger partial charge in [-0.05, 0) is 28.1 Å². The number of nitrogens with zero attached hydrogens (tertiary/aromatic N) is 1. The summed E-state index contributed by atoms with van der Waals surface area (Å²) in [5.41, 5.74) is -0.875. The molecule has 1 heterocycles. The van der Waals surface area contributed by atoms with Crippen LogP contribution in [0.5, 0.6) is 5.75 Å². The topological polar surface area (TPSA) is 64.1 Å². The molecule has 0 fully saturated rings. The predicted octanol–water partition coefficient (Wildman–Crippen LogP) is 1.38. The molecular weight excluding hydrogens is 300 g/mol. The molecule has 0 aliphatic rings. The van der Waals surface area contributed by atoms with E-state index in [0.29, 0.717) is 17.6 Å². The van der Waals surface area contributed by atoms with Gasteiger partial charge < -0.3 is 4.74 Å². The van der Waals surface area contributed by atoms with E-state index < -0.39 is 11.2 Å². The standard InChI is InChI=1S/C12H11BrN2O3/c13-10-8-15(12(17)14-11(10)16)6-7-18-9-4-2-1-3-5-9/h1-5,8H,6-7H2,(H,14,16,17). The van der Waals surface area contributed by atoms with E-state index >= 15 is 0 Å². The van der Waals surface area contributed by atoms with Crippen molar-refractivity contribution < 1.29 is 4.74 Å². The number of aromatic amines is 1. The van der Waals surface area contributed by atoms with Crippen LogP contribution < -0.4 is 16.0 Å². The molecule has 0 saturated heterocycles. The second-order valence-corrected chi connectivity index (χ2v) is 4.45. The molecule has 0 spiro atoms. The Labute approximate surface area is 111 Å². The number of para-hydroxylation sites is 1. The average molecular weight is 311 g/mol. The van der Waals surface area contributed by atoms with Crippen molar-refractivity contribution >= 4 is 15.9 Å². The van der Waals surface area contributed by atoms with Crippen LogP contribution in [-0.2, 0) is 6.54 Å². The van der Waals surface area contributed by atoms with Crippen LogP contribution in [0.4, 0.5) is 0 Å². The molecular formula is C12H11BrN2O3. The smallest absolute Gasteiger partial charge is 0.328 e. The van der Waals surface area contributed by atoms with Gasteiger partial charge in [0.25, 0.3) is 5.56 Å². The van der Waals surface area contributed by atoms with E-state index in [1.807, 2.05) is 30.3 Å². The second kappa shape index (κ2) is 5.68. The molecule has 0 radical (unpaired) electrons. The average Bonchev–Trinajstić information content (AvgIpc) is 2.37. The summed E-state index contributed by atoms with van der Waals surface area (Å²) >= 11 is 3.07. The van der Waals surface area contributed by atoms with Gasteiger partial charge in [0.05, 0.1) is 11.0 Å². The lowest BCUT2D eigenvalue weighted by atomic mass is 10.3. The fourth-order valence-corrected chi connectivity index (χ4v) is 1.77. The van der Waals surface area contributed by atoms with Crippen LogP contribution in [0.2, 0.25) is 0 Å². The Morgan fingerprint density at radius 2 is 1.94 bits per heavy atom. The van der Waals surface area contributed by atoms with Crippen molar-refractivity contribution in [1.29, 1.82) is 0 Å². The molecule has 1 aromatic carbocycles. The van der Waals surface area contributed by atoms with Crippen molar-refractivity contribution in [3.8, 4) is 5.75 Å². The first-order valence-electron chi connectivity index (χ1n) is 5.34. The number of benzene rings is 1. The van der Waals surface area contributed by atoms with Crippen LogP contribution in [0.25, 0.3) is 0 Å². The van der Waals surface area contributed by atoms with E-state index in [2.05, 4.69) is 20.9 Å². The van der Waals surface area contributed by atoms with Crippen molar-refractivity contribution in [1.82, 2.24) is 9.55 Å². The lowest BCUT2D eigenvalue weighted by Crippen LogP contribution is -2.31. The maximum absolute atomic E-state index is 11.5. The van der Waals surface area contributed by atoms with Gasteiger partial charge in [-0.3, -0.25) is 14.3 Å². The Hall–Kier alpha value is -1.82. The predicted molar refractivity (Wildman–Crippen MR) is 71.0 cm³/mol. The summed E-state index contributed by atoms with van der Waals surface area (Å²) in [5.74, 6) is 0.744. The molecule has 0 atom stereocenters. The molecule has 6 heteroatoms. The van der Waals surface area contributed by atoms with Crippen LogP contribution in [-0.4, -0.2) is 16.2 Å². The number of rotatable bonds is 4. The molecule has 2 aromatic rings. The van der Waals surface area contributed by atoms with Gasteiger partial charge >= 0.3 is 5.69 Å². The highest BCUT2D eigenvalue weighted by Crippen LogP contribution is 2.07. The quantitative estimate of drug-likeness (QED) is 0.928. The van der Waals surface area contributed by atoms with Crippen molar-refractivity contribution in [3.63, 3.8) is 0 Å². The van der Waals surface area contributed by atoms with E-state index in [1.165, 1.54) is 10.8 Å². The van der Waals surface area contributed by atoms with E-state index in [0.717, 1.165) is 5.75 Å². The van der Waals surface area contributed by atoms with Gasteiger partial charge in [0, 0.05) is 6.20 Å². The highest BCUT2D eigenvalue weighted by Gasteiger charge is 2.01. The molecule has 18 heavy (non-hydrogen) atoms. The SMILES string of the molecule is O=c1[nH]c(=O)n(CCOc2ccccc2)cc1Br. The van der Waals surface area contributed by atoms with Gasteiger partial charge in [0.2, 0.25) is 0 Å². The molecule has 5 nitrogen and oxygen atoms in total. The minimum Gasteiger partial charge on any atom is -0.492 e. The lowest BCUT2D eigenvalue weighted by Gasteiger charge is -2.07. The summed E-state index contributed by atoms with van der Waals surface area (Å²) in [4.78, 5) is 24.8. The summed E-state index contributed by atoms with van der Waals surface area (Å²) in [6.45, 7) is 0.714. The van der Waals surface area contributed by atoms with Gasteiger partial charge in [0.15, 0.2) is 0 Å². The van der Waals surface area contributed by atoms with Gasteiger partial charge in [-0.1, -0.05) is 18.2 Å². The third kappa shape index (κ3) is 3.10. The largest absolute Gasteiger partial charge is 0.492 e. The Morgan fingerprint density at radius 3 is 2.67 bits per heavy atom. The van der Waals surface area contributed by atoms with Gasteiger partial charge in [-0.25, -0.2) is 4.79 Å². The molecule has 2 rings (SSSR count). The molecule has 94 valence electrons. The molecule has 0 amide bonds. The molecule has 1 N–H and O–H groups in total. The van der Waals surface area contributed by atoms with Gasteiger partial charge in [-0.15, -0.1) is 0 Å². The molecule has 0 saturated carbocycles. The normalized spacial score (nSPS) is 10.3. The van der Waals surface area contributed by atoms with Crippen LogP contribution in [0.15, 0.2) is 50.6 Å². The minimum absolute atomic E-state index is 0.321. The molecule has 0 aliphatic carbocycles. The molecule has 0 unspecified atom stereocenters. The van der Waals surface area contributed by atoms with Crippen molar-refractivity contribution in [2.24, 2.45) is 0 Å². The summed E-state index contributed by atoms with van der Waals surface area (Å²) in [6, 6.07) is 9.32. The lowest BCUT2D eigenvalue weighted by molar-refractivity contribution is 0.295. The zero-order valence-corrected chi connectivity index (χ0v) is 11.0. The molecule has 0 bridgehead atoms. The summed E-state index contributed by atoms with van der Waals surface area (Å²) in [5, 5.41) is 0. The number of H-pyrrole nitrogens is 1. The minimum atomic E-state index is -0.445. The van der Waals surface area contributed by atoms with Crippen LogP contribution in [0, 0.1) is 0 Å². The van der Waals surface area contributed by atoms with E-state index in [9.17, 15) is 9.59 Å². The number of nitrogens with one attached hydrogen (secondary N) is 1. The summed E-state index contributed by atoms with van der Waals surface area (Å²) < 4.78 is 7.17. The first kappa shape index (κ1) is 12.6. The van der Waals surface area contributed by atoms with Crippen LogP contribution >= 0.6 is 15.9 Å². The maximum Gasteiger partial charge on any atom is 0.328 e. The Morgan fingerprint density at radius 1 is 1.22 bits per heavy atom. The Bertz CT molecular complexity index is 634. The molecule has 1 aromatic heterocycles. The zero-order chi connectivity index (χ0) is 13.0. The number of ether oxygens (including phenoxy) is 1. The highest BCUT2D eigenvalue weighted by molar-refractivity contribution is 9.10. The van der Waals surface area contributed by atoms with E-state index in [1.54, 1.807) is 0 Å². The van der Waals surface area contributed by atoms with Crippen molar-refractivity contribution in [2.75, 3.05) is 6.61 Å². The fraction of sp³-hybridized carbons (Fsp3) is 0.167. The van der Waals surface area contributed by atoms with Crippen molar-refractivity contribution in [2.45, 2.75) is 6.54 Å². The Kier molecular flexibility index (Phi) is 3.99. The van der Waals surface area contributed by atoms with Crippen LogP contribution in [0.3, 0.4) is 0 Å². The van der Waals surface area contributed by atoms with E-state index in [-0.39, 0.29) is 0 Å². The van der Waals surface area contributed by atoms with Crippen LogP contribution in [0.1, 0.15) is 0 Å². The summed E-state index contributed by atoms with van der Waals surface area (Å²) in [7, 11) is 0. The highest BCUT2D eigenvalue weighted by atomic mass is 79.9. The zero-order valence-electron chi connectivity index (χ0n) is 9.43. The summed E-state index contributed by atoms with van der Waals surface area (Å²) in [6.07, 6.45) is 1.45. The first-order chi connectivity index (χ1) is 8.66. The van der Waals surface area contributed by atoms with Gasteiger partial charge in [-0.2, -0.15) is 0 Å². The van der Waals surface area contributed by atoms with Gasteiger partial charge in [0.1, 0.15) is 12.4 Å².